The minimum absolute atomic E-state index is 0.838. The van der Waals surface area contributed by atoms with E-state index in [0.29, 0.717) is 0 Å². The van der Waals surface area contributed by atoms with E-state index in [0.717, 1.165) is 19.0 Å². The molecule has 1 aliphatic carbocycles. The maximum absolute atomic E-state index is 3.52. The Bertz CT molecular complexity index is 296. The van der Waals surface area contributed by atoms with Crippen LogP contribution in [0.5, 0.6) is 0 Å². The Balaban J connectivity index is 1.73. The largest absolute Gasteiger partial charge is 0.314 e. The van der Waals surface area contributed by atoms with Gasteiger partial charge in [-0.3, -0.25) is 0 Å². The van der Waals surface area contributed by atoms with Gasteiger partial charge in [-0.05, 0) is 49.8 Å². The highest BCUT2D eigenvalue weighted by Crippen LogP contribution is 2.20. The molecule has 1 nitrogen and oxygen atoms in total. The average Bonchev–Trinajstić information content (AvgIpc) is 2.84. The Morgan fingerprint density at radius 1 is 1.64 bits per heavy atom. The number of hydrogen-bond donors (Lipinski definition) is 1. The van der Waals surface area contributed by atoms with Gasteiger partial charge in [0.1, 0.15) is 0 Å². The molecule has 0 saturated heterocycles. The third kappa shape index (κ3) is 2.96. The summed E-state index contributed by atoms with van der Waals surface area (Å²) in [5.74, 6) is 0. The van der Waals surface area contributed by atoms with Gasteiger partial charge >= 0.3 is 0 Å². The van der Waals surface area contributed by atoms with Crippen molar-refractivity contribution in [2.45, 2.75) is 32.2 Å². The Kier molecular flexibility index (Phi) is 3.38. The van der Waals surface area contributed by atoms with E-state index in [1.165, 1.54) is 23.3 Å². The van der Waals surface area contributed by atoms with Gasteiger partial charge in [-0.1, -0.05) is 12.1 Å². The molecule has 0 unspecified atom stereocenters. The van der Waals surface area contributed by atoms with Crippen LogP contribution in [0.2, 0.25) is 0 Å². The molecule has 0 radical (unpaired) electrons. The zero-order chi connectivity index (χ0) is 9.80. The third-order valence-corrected chi connectivity index (χ3v) is 3.52. The van der Waals surface area contributed by atoms with Gasteiger partial charge in [-0.15, -0.1) is 11.3 Å². The van der Waals surface area contributed by atoms with E-state index in [9.17, 15) is 0 Å². The van der Waals surface area contributed by atoms with Crippen molar-refractivity contribution in [3.05, 3.63) is 28.5 Å². The standard InChI is InChI=1S/C12H17NS/c1-10(12-5-3-9-14-12)4-2-8-13-11-6-7-11/h3-5,9,11,13H,2,6-8H2,1H3. The molecule has 2 heteroatoms. The van der Waals surface area contributed by atoms with Gasteiger partial charge < -0.3 is 5.32 Å². The van der Waals surface area contributed by atoms with E-state index in [1.54, 1.807) is 0 Å². The van der Waals surface area contributed by atoms with Crippen LogP contribution in [0.25, 0.3) is 5.57 Å². The number of thiophene rings is 1. The van der Waals surface area contributed by atoms with Gasteiger partial charge in [-0.25, -0.2) is 0 Å². The van der Waals surface area contributed by atoms with Gasteiger partial charge in [0.2, 0.25) is 0 Å². The third-order valence-electron chi connectivity index (χ3n) is 2.52. The summed E-state index contributed by atoms with van der Waals surface area (Å²) in [5, 5.41) is 5.65. The first-order valence-corrected chi connectivity index (χ1v) is 6.18. The van der Waals surface area contributed by atoms with Crippen molar-refractivity contribution in [2.75, 3.05) is 6.54 Å². The predicted octanol–water partition coefficient (Wildman–Crippen LogP) is 3.29. The molecular weight excluding hydrogens is 190 g/mol. The number of allylic oxidation sites excluding steroid dienone is 1. The second kappa shape index (κ2) is 4.76. The van der Waals surface area contributed by atoms with Crippen molar-refractivity contribution in [1.29, 1.82) is 0 Å². The normalized spacial score (nSPS) is 17.4. The van der Waals surface area contributed by atoms with Crippen LogP contribution in [0.3, 0.4) is 0 Å². The highest BCUT2D eigenvalue weighted by atomic mass is 32.1. The molecule has 1 saturated carbocycles. The van der Waals surface area contributed by atoms with Crippen LogP contribution in [0.4, 0.5) is 0 Å². The highest BCUT2D eigenvalue weighted by Gasteiger charge is 2.19. The molecule has 0 amide bonds. The molecule has 1 aromatic rings. The van der Waals surface area contributed by atoms with Crippen LogP contribution in [-0.4, -0.2) is 12.6 Å². The first kappa shape index (κ1) is 9.94. The monoisotopic (exact) mass is 207 g/mol. The molecule has 0 aromatic carbocycles. The molecule has 2 rings (SSSR count). The van der Waals surface area contributed by atoms with Crippen molar-refractivity contribution in [1.82, 2.24) is 5.32 Å². The fourth-order valence-electron chi connectivity index (χ4n) is 1.47. The SMILES string of the molecule is CC(=CCCNC1CC1)c1cccs1. The van der Waals surface area contributed by atoms with E-state index < -0.39 is 0 Å². The summed E-state index contributed by atoms with van der Waals surface area (Å²) < 4.78 is 0. The zero-order valence-corrected chi connectivity index (χ0v) is 9.44. The number of hydrogen-bond acceptors (Lipinski definition) is 2. The lowest BCUT2D eigenvalue weighted by Gasteiger charge is -2.00. The molecule has 1 fully saturated rings. The Labute approximate surface area is 89.8 Å². The molecule has 1 aromatic heterocycles. The van der Waals surface area contributed by atoms with Crippen LogP contribution < -0.4 is 5.32 Å². The summed E-state index contributed by atoms with van der Waals surface area (Å²) in [6, 6.07) is 5.13. The Morgan fingerprint density at radius 3 is 3.14 bits per heavy atom. The molecular formula is C12H17NS. The molecule has 0 aliphatic heterocycles. The summed E-state index contributed by atoms with van der Waals surface area (Å²) in [4.78, 5) is 1.40. The molecule has 0 atom stereocenters. The summed E-state index contributed by atoms with van der Waals surface area (Å²) in [7, 11) is 0. The Morgan fingerprint density at radius 2 is 2.50 bits per heavy atom. The smallest absolute Gasteiger partial charge is 0.0296 e. The molecule has 0 bridgehead atoms. The van der Waals surface area contributed by atoms with Crippen molar-refractivity contribution in [2.24, 2.45) is 0 Å². The topological polar surface area (TPSA) is 12.0 Å². The lowest BCUT2D eigenvalue weighted by atomic mass is 10.2. The second-order valence-corrected chi connectivity index (χ2v) is 4.83. The van der Waals surface area contributed by atoms with Crippen LogP contribution in [-0.2, 0) is 0 Å². The summed E-state index contributed by atoms with van der Waals surface area (Å²) in [6.07, 6.45) is 6.25. The van der Waals surface area contributed by atoms with E-state index in [4.69, 9.17) is 0 Å². The van der Waals surface area contributed by atoms with Crippen molar-refractivity contribution in [3.8, 4) is 0 Å². The van der Waals surface area contributed by atoms with E-state index in [2.05, 4.69) is 35.8 Å². The fraction of sp³-hybridized carbons (Fsp3) is 0.500. The first-order chi connectivity index (χ1) is 6.86. The van der Waals surface area contributed by atoms with Gasteiger partial charge in [0, 0.05) is 10.9 Å². The first-order valence-electron chi connectivity index (χ1n) is 5.30. The summed E-state index contributed by atoms with van der Waals surface area (Å²) in [6.45, 7) is 3.33. The predicted molar refractivity (Wildman–Crippen MR) is 63.6 cm³/mol. The molecule has 76 valence electrons. The van der Waals surface area contributed by atoms with E-state index in [-0.39, 0.29) is 0 Å². The van der Waals surface area contributed by atoms with Crippen LogP contribution >= 0.6 is 11.3 Å². The van der Waals surface area contributed by atoms with Gasteiger partial charge in [0.25, 0.3) is 0 Å². The lowest BCUT2D eigenvalue weighted by Crippen LogP contribution is -2.16. The molecule has 1 heterocycles. The molecule has 14 heavy (non-hydrogen) atoms. The summed E-state index contributed by atoms with van der Waals surface area (Å²) in [5.41, 5.74) is 1.41. The van der Waals surface area contributed by atoms with Crippen LogP contribution in [0.1, 0.15) is 31.1 Å². The maximum Gasteiger partial charge on any atom is 0.0296 e. The average molecular weight is 207 g/mol. The van der Waals surface area contributed by atoms with Crippen LogP contribution in [0.15, 0.2) is 23.6 Å². The second-order valence-electron chi connectivity index (χ2n) is 3.88. The van der Waals surface area contributed by atoms with Gasteiger partial charge in [0.15, 0.2) is 0 Å². The van der Waals surface area contributed by atoms with E-state index in [1.807, 2.05) is 11.3 Å². The summed E-state index contributed by atoms with van der Waals surface area (Å²) >= 11 is 1.82. The number of rotatable bonds is 5. The quantitative estimate of drug-likeness (QED) is 0.731. The van der Waals surface area contributed by atoms with Crippen molar-refractivity contribution in [3.63, 3.8) is 0 Å². The van der Waals surface area contributed by atoms with Crippen molar-refractivity contribution >= 4 is 16.9 Å². The van der Waals surface area contributed by atoms with Gasteiger partial charge in [0.05, 0.1) is 0 Å². The van der Waals surface area contributed by atoms with Gasteiger partial charge in [-0.2, -0.15) is 0 Å². The molecule has 1 N–H and O–H groups in total. The fourth-order valence-corrected chi connectivity index (χ4v) is 2.20. The maximum atomic E-state index is 3.52. The number of nitrogens with one attached hydrogen (secondary N) is 1. The van der Waals surface area contributed by atoms with Crippen LogP contribution in [0, 0.1) is 0 Å². The van der Waals surface area contributed by atoms with Crippen molar-refractivity contribution < 1.29 is 0 Å². The lowest BCUT2D eigenvalue weighted by molar-refractivity contribution is 0.690. The molecule has 1 aliphatic rings. The molecule has 0 spiro atoms. The minimum atomic E-state index is 0.838. The van der Waals surface area contributed by atoms with E-state index >= 15 is 0 Å². The minimum Gasteiger partial charge on any atom is -0.314 e. The Hall–Kier alpha value is -0.600. The zero-order valence-electron chi connectivity index (χ0n) is 8.62. The highest BCUT2D eigenvalue weighted by molar-refractivity contribution is 7.11.